The fourth-order valence-corrected chi connectivity index (χ4v) is 6.17. The monoisotopic (exact) mass is 794 g/mol. The lowest BCUT2D eigenvalue weighted by atomic mass is 10.0. The maximum atomic E-state index is 12.6. The number of nitrogens with zero attached hydrogens (tertiary/aromatic N) is 1. The zero-order valence-corrected chi connectivity index (χ0v) is 34.4. The molecule has 0 aromatic heterocycles. The van der Waals surface area contributed by atoms with Crippen LogP contribution in [0.1, 0.15) is 194 Å². The van der Waals surface area contributed by atoms with Gasteiger partial charge < -0.3 is 43.0 Å². The molecule has 0 fully saturated rings. The van der Waals surface area contributed by atoms with Crippen LogP contribution in [-0.2, 0) is 19.1 Å². The lowest BCUT2D eigenvalue weighted by Gasteiger charge is -2.32. The number of hydrogen-bond donors (Lipinski definition) is 1. The average molecular weight is 794 g/mol. The number of halogens is 1. The van der Waals surface area contributed by atoms with Gasteiger partial charge in [0.15, 0.2) is 6.10 Å². The van der Waals surface area contributed by atoms with Crippen molar-refractivity contribution in [3.63, 3.8) is 0 Å². The number of aliphatic hydroxyl groups excluding tert-OH is 1. The van der Waals surface area contributed by atoms with Crippen molar-refractivity contribution in [2.75, 3.05) is 40.4 Å². The lowest BCUT2D eigenvalue weighted by molar-refractivity contribution is -0.893. The van der Waals surface area contributed by atoms with Crippen molar-refractivity contribution in [3.05, 3.63) is 12.2 Å². The minimum atomic E-state index is -0.496. The number of likely N-dealkylation sites (N-methyl/N-ethyl adjacent to an activating group) is 1. The Hall–Kier alpha value is -0.670. The molecule has 1 atom stereocenters. The van der Waals surface area contributed by atoms with E-state index in [4.69, 9.17) is 9.47 Å². The number of hydrogen-bond acceptors (Lipinski definition) is 5. The van der Waals surface area contributed by atoms with E-state index in [0.717, 1.165) is 38.5 Å². The second-order valence-electron chi connectivity index (χ2n) is 14.7. The Kier molecular flexibility index (Phi) is 38.7. The molecule has 0 unspecified atom stereocenters. The maximum Gasteiger partial charge on any atom is 0.306 e. The standard InChI is InChI=1S/C41H80NO5.HI/c1-5-7-9-11-13-15-17-19-20-22-23-25-27-29-31-33-40(44)46-38-39(37-42(3,4)35-36-43)47-41(45)34-32-30-28-26-24-21-18-16-14-12-10-8-6-2;/h19-20,39,43H,5-18,21-38H2,1-4H3;1H/q+1;/p-1/b20-19-;/t39-;/m0./s1. The van der Waals surface area contributed by atoms with Crippen molar-refractivity contribution >= 4 is 11.9 Å². The van der Waals surface area contributed by atoms with E-state index in [1.165, 1.54) is 128 Å². The van der Waals surface area contributed by atoms with Gasteiger partial charge in [0.25, 0.3) is 0 Å². The summed E-state index contributed by atoms with van der Waals surface area (Å²) in [4.78, 5) is 25.1. The van der Waals surface area contributed by atoms with Crippen LogP contribution in [0.3, 0.4) is 0 Å². The highest BCUT2D eigenvalue weighted by Crippen LogP contribution is 2.15. The topological polar surface area (TPSA) is 72.8 Å². The van der Waals surface area contributed by atoms with Gasteiger partial charge in [-0.2, -0.15) is 0 Å². The Bertz CT molecular complexity index is 730. The molecule has 0 rings (SSSR count). The van der Waals surface area contributed by atoms with E-state index in [1.807, 2.05) is 14.1 Å². The van der Waals surface area contributed by atoms with Crippen LogP contribution in [0.2, 0.25) is 0 Å². The third-order valence-corrected chi connectivity index (χ3v) is 9.26. The van der Waals surface area contributed by atoms with Gasteiger partial charge in [-0.3, -0.25) is 9.59 Å². The Balaban J connectivity index is 0. The number of rotatable bonds is 36. The molecule has 48 heavy (non-hydrogen) atoms. The predicted molar refractivity (Wildman–Crippen MR) is 200 cm³/mol. The summed E-state index contributed by atoms with van der Waals surface area (Å²) >= 11 is 0. The van der Waals surface area contributed by atoms with E-state index in [2.05, 4.69) is 26.0 Å². The number of carbonyl (C=O) groups excluding carboxylic acids is 2. The van der Waals surface area contributed by atoms with Crippen LogP contribution in [-0.4, -0.2) is 68.0 Å². The number of ether oxygens (including phenoxy) is 2. The third kappa shape index (κ3) is 36.6. The molecule has 7 heteroatoms. The first-order valence-electron chi connectivity index (χ1n) is 20.3. The van der Waals surface area contributed by atoms with Gasteiger partial charge in [-0.25, -0.2) is 0 Å². The fraction of sp³-hybridized carbons (Fsp3) is 0.902. The molecule has 0 amide bonds. The van der Waals surface area contributed by atoms with Gasteiger partial charge in [0, 0.05) is 12.8 Å². The number of esters is 2. The fourth-order valence-electron chi connectivity index (χ4n) is 6.17. The molecule has 0 saturated carbocycles. The van der Waals surface area contributed by atoms with E-state index < -0.39 is 6.10 Å². The Morgan fingerprint density at radius 2 is 0.958 bits per heavy atom. The third-order valence-electron chi connectivity index (χ3n) is 9.26. The highest BCUT2D eigenvalue weighted by molar-refractivity contribution is 5.70. The van der Waals surface area contributed by atoms with E-state index in [9.17, 15) is 14.7 Å². The molecule has 0 aliphatic carbocycles. The molecule has 0 aromatic carbocycles. The van der Waals surface area contributed by atoms with Crippen LogP contribution < -0.4 is 24.0 Å². The Labute approximate surface area is 315 Å². The molecular weight excluding hydrogens is 713 g/mol. The number of aliphatic hydroxyl groups is 1. The minimum Gasteiger partial charge on any atom is -1.00 e. The van der Waals surface area contributed by atoms with Gasteiger partial charge in [-0.1, -0.05) is 154 Å². The average Bonchev–Trinajstić information content (AvgIpc) is 3.03. The van der Waals surface area contributed by atoms with Crippen molar-refractivity contribution in [3.8, 4) is 0 Å². The molecular formula is C41H80INO5. The first-order valence-corrected chi connectivity index (χ1v) is 20.3. The summed E-state index contributed by atoms with van der Waals surface area (Å²) in [6.07, 6.45) is 37.4. The normalized spacial score (nSPS) is 12.3. The van der Waals surface area contributed by atoms with Gasteiger partial charge >= 0.3 is 11.9 Å². The quantitative estimate of drug-likeness (QED) is 0.0229. The maximum absolute atomic E-state index is 12.6. The molecule has 0 spiro atoms. The molecule has 0 saturated heterocycles. The first kappa shape index (κ1) is 49.4. The smallest absolute Gasteiger partial charge is 0.306 e. The highest BCUT2D eigenvalue weighted by atomic mass is 127. The van der Waals surface area contributed by atoms with E-state index in [0.29, 0.717) is 30.4 Å². The highest BCUT2D eigenvalue weighted by Gasteiger charge is 2.26. The zero-order chi connectivity index (χ0) is 34.7. The van der Waals surface area contributed by atoms with Crippen LogP contribution >= 0.6 is 0 Å². The second-order valence-corrected chi connectivity index (χ2v) is 14.7. The lowest BCUT2D eigenvalue weighted by Crippen LogP contribution is -3.00. The van der Waals surface area contributed by atoms with E-state index >= 15 is 0 Å². The minimum absolute atomic E-state index is 0. The predicted octanol–water partition coefficient (Wildman–Crippen LogP) is 8.03. The van der Waals surface area contributed by atoms with Crippen molar-refractivity contribution in [2.45, 2.75) is 200 Å². The summed E-state index contributed by atoms with van der Waals surface area (Å²) in [7, 11) is 3.99. The van der Waals surface area contributed by atoms with E-state index in [1.54, 1.807) is 0 Å². The zero-order valence-electron chi connectivity index (χ0n) is 32.3. The Morgan fingerprint density at radius 3 is 1.38 bits per heavy atom. The van der Waals surface area contributed by atoms with Crippen molar-refractivity contribution in [1.82, 2.24) is 0 Å². The van der Waals surface area contributed by atoms with Gasteiger partial charge in [0.2, 0.25) is 0 Å². The van der Waals surface area contributed by atoms with Crippen LogP contribution in [0, 0.1) is 0 Å². The molecule has 1 N–H and O–H groups in total. The van der Waals surface area contributed by atoms with Crippen molar-refractivity contribution in [1.29, 1.82) is 0 Å². The molecule has 6 nitrogen and oxygen atoms in total. The summed E-state index contributed by atoms with van der Waals surface area (Å²) in [6.45, 7) is 5.73. The molecule has 0 aliphatic rings. The van der Waals surface area contributed by atoms with Crippen molar-refractivity contribution in [2.24, 2.45) is 0 Å². The number of carbonyl (C=O) groups is 2. The van der Waals surface area contributed by atoms with Crippen LogP contribution in [0.5, 0.6) is 0 Å². The summed E-state index contributed by atoms with van der Waals surface area (Å²) in [5.74, 6) is -0.428. The molecule has 0 heterocycles. The summed E-state index contributed by atoms with van der Waals surface area (Å²) in [5, 5.41) is 9.45. The van der Waals surface area contributed by atoms with Crippen LogP contribution in [0.15, 0.2) is 12.2 Å². The number of allylic oxidation sites excluding steroid dienone is 2. The van der Waals surface area contributed by atoms with Crippen LogP contribution in [0.25, 0.3) is 0 Å². The summed E-state index contributed by atoms with van der Waals surface area (Å²) in [6, 6.07) is 0. The molecule has 286 valence electrons. The van der Waals surface area contributed by atoms with Crippen LogP contribution in [0.4, 0.5) is 0 Å². The summed E-state index contributed by atoms with van der Waals surface area (Å²) < 4.78 is 11.9. The van der Waals surface area contributed by atoms with Gasteiger partial charge in [0.05, 0.1) is 20.7 Å². The SMILES string of the molecule is CCCCCCCC/C=C\CCCCCCCC(=O)OC[C@H](C[N+](C)(C)CCO)OC(=O)CCCCCCCCCCCCCCC.[I-]. The van der Waals surface area contributed by atoms with Crippen molar-refractivity contribution < 1.29 is 52.6 Å². The van der Waals surface area contributed by atoms with Gasteiger partial charge in [-0.15, -0.1) is 0 Å². The first-order chi connectivity index (χ1) is 22.8. The largest absolute Gasteiger partial charge is 1.00 e. The Morgan fingerprint density at radius 1 is 0.583 bits per heavy atom. The molecule has 0 radical (unpaired) electrons. The number of quaternary nitrogens is 1. The van der Waals surface area contributed by atoms with Gasteiger partial charge in [0.1, 0.15) is 19.7 Å². The van der Waals surface area contributed by atoms with E-state index in [-0.39, 0.29) is 49.1 Å². The molecule has 0 aromatic rings. The summed E-state index contributed by atoms with van der Waals surface area (Å²) in [5.41, 5.74) is 0. The second kappa shape index (κ2) is 37.6. The number of unbranched alkanes of at least 4 members (excludes halogenated alkanes) is 23. The molecule has 0 bridgehead atoms. The van der Waals surface area contributed by atoms with Gasteiger partial charge in [-0.05, 0) is 38.5 Å². The molecule has 0 aliphatic heterocycles.